The highest BCUT2D eigenvalue weighted by Crippen LogP contribution is 2.44. The molecule has 2 aliphatic rings. The van der Waals surface area contributed by atoms with Crippen LogP contribution in [0.15, 0.2) is 24.3 Å². The molecule has 1 aromatic carbocycles. The van der Waals surface area contributed by atoms with Gasteiger partial charge in [-0.25, -0.2) is 4.79 Å². The van der Waals surface area contributed by atoms with Gasteiger partial charge in [0, 0.05) is 12.1 Å². The number of aliphatic hydroxyl groups excluding tert-OH is 1. The van der Waals surface area contributed by atoms with Gasteiger partial charge in [-0.15, -0.1) is 0 Å². The fraction of sp³-hybridized carbons (Fsp3) is 0.471. The number of nitrogens with zero attached hydrogens (tertiary/aromatic N) is 1. The molecule has 134 valence electrons. The van der Waals surface area contributed by atoms with E-state index in [1.54, 1.807) is 24.4 Å². The Balaban J connectivity index is 2.13. The number of benzene rings is 1. The summed E-state index contributed by atoms with van der Waals surface area (Å²) < 4.78 is 4.84. The number of rotatable bonds is 4. The molecule has 0 saturated carbocycles. The molecule has 0 unspecified atom stereocenters. The van der Waals surface area contributed by atoms with Gasteiger partial charge < -0.3 is 20.3 Å². The number of phenols is 1. The van der Waals surface area contributed by atoms with Crippen LogP contribution in [0.4, 0.5) is 0 Å². The molecule has 0 radical (unpaired) electrons. The second-order valence-corrected chi connectivity index (χ2v) is 6.40. The Morgan fingerprint density at radius 2 is 1.92 bits per heavy atom. The lowest BCUT2D eigenvalue weighted by molar-refractivity contribution is -0.735. The van der Waals surface area contributed by atoms with Crippen molar-refractivity contribution in [1.82, 2.24) is 4.90 Å². The second kappa shape index (κ2) is 6.12. The average Bonchev–Trinajstić information content (AvgIpc) is 3.10. The summed E-state index contributed by atoms with van der Waals surface area (Å²) in [5.74, 6) is -3.24. The van der Waals surface area contributed by atoms with E-state index in [1.807, 2.05) is 0 Å². The summed E-state index contributed by atoms with van der Waals surface area (Å²) >= 11 is 0. The number of methoxy groups -OCH3 is 1. The monoisotopic (exact) mass is 349 g/mol. The van der Waals surface area contributed by atoms with Gasteiger partial charge >= 0.3 is 5.97 Å². The fourth-order valence-electron chi connectivity index (χ4n) is 4.09. The number of phenolic OH excluding ortho intramolecular Hbond substituents is 1. The Labute approximate surface area is 144 Å². The molecule has 0 spiro atoms. The number of quaternary nitrogens is 1. The predicted octanol–water partition coefficient (Wildman–Crippen LogP) is -1.46. The number of esters is 1. The molecule has 3 rings (SSSR count). The van der Waals surface area contributed by atoms with Gasteiger partial charge in [-0.3, -0.25) is 14.5 Å². The Hall–Kier alpha value is -2.45. The summed E-state index contributed by atoms with van der Waals surface area (Å²) in [5.41, 5.74) is -0.871. The van der Waals surface area contributed by atoms with Crippen molar-refractivity contribution in [3.63, 3.8) is 0 Å². The van der Waals surface area contributed by atoms with Crippen LogP contribution in [0.1, 0.15) is 18.5 Å². The van der Waals surface area contributed by atoms with Gasteiger partial charge in [0.05, 0.1) is 7.11 Å². The zero-order chi connectivity index (χ0) is 18.4. The quantitative estimate of drug-likeness (QED) is 0.451. The van der Waals surface area contributed by atoms with Gasteiger partial charge in [0.25, 0.3) is 0 Å². The minimum absolute atomic E-state index is 0.0729. The highest BCUT2D eigenvalue weighted by Gasteiger charge is 2.72. The van der Waals surface area contributed by atoms with Gasteiger partial charge in [-0.05, 0) is 31.2 Å². The number of aromatic hydroxyl groups is 1. The largest absolute Gasteiger partial charge is 0.508 e. The number of carbonyl (C=O) groups is 3. The molecule has 2 saturated heterocycles. The summed E-state index contributed by atoms with van der Waals surface area (Å²) in [6, 6.07) is 5.71. The number of likely N-dealkylation sites (tertiary alicyclic amines) is 1. The maximum atomic E-state index is 12.8. The van der Waals surface area contributed by atoms with E-state index in [4.69, 9.17) is 4.74 Å². The third-order valence-electron chi connectivity index (χ3n) is 5.28. The standard InChI is InChI=1S/C17H20N2O6/c1-3-19-14(22)11-12(15(19)23)17(8-20,16(24)25-2)18-13(11)9-4-6-10(21)7-5-9/h4-7,11-13,18,20-21H,3,8H2,1-2H3/p+1/t11-,12+,13+,17-/m1/s1. The summed E-state index contributed by atoms with van der Waals surface area (Å²) in [4.78, 5) is 39.2. The Morgan fingerprint density at radius 1 is 1.28 bits per heavy atom. The van der Waals surface area contributed by atoms with Crippen LogP contribution in [0.3, 0.4) is 0 Å². The summed E-state index contributed by atoms with van der Waals surface area (Å²) in [7, 11) is 1.19. The summed E-state index contributed by atoms with van der Waals surface area (Å²) in [6.07, 6.45) is 0. The molecular formula is C17H21N2O6+. The van der Waals surface area contributed by atoms with Crippen LogP contribution < -0.4 is 5.32 Å². The molecule has 2 heterocycles. The number of aliphatic hydroxyl groups is 1. The Kier molecular flexibility index (Phi) is 4.26. The topological polar surface area (TPSA) is 121 Å². The first-order valence-electron chi connectivity index (χ1n) is 8.10. The zero-order valence-electron chi connectivity index (χ0n) is 14.0. The van der Waals surface area contributed by atoms with Crippen molar-refractivity contribution in [3.05, 3.63) is 29.8 Å². The van der Waals surface area contributed by atoms with Crippen molar-refractivity contribution >= 4 is 17.8 Å². The lowest BCUT2D eigenvalue weighted by Crippen LogP contribution is -2.99. The van der Waals surface area contributed by atoms with Crippen LogP contribution in [0.2, 0.25) is 0 Å². The van der Waals surface area contributed by atoms with Crippen LogP contribution in [0.5, 0.6) is 5.75 Å². The average molecular weight is 349 g/mol. The molecular weight excluding hydrogens is 328 g/mol. The molecule has 2 fully saturated rings. The molecule has 8 heteroatoms. The fourth-order valence-corrected chi connectivity index (χ4v) is 4.09. The lowest BCUT2D eigenvalue weighted by atomic mass is 9.79. The van der Waals surface area contributed by atoms with Gasteiger partial charge in [0.1, 0.15) is 30.2 Å². The maximum absolute atomic E-state index is 12.8. The molecule has 4 N–H and O–H groups in total. The molecule has 2 amide bonds. The third kappa shape index (κ3) is 2.32. The predicted molar refractivity (Wildman–Crippen MR) is 84.0 cm³/mol. The smallest absolute Gasteiger partial charge is 0.371 e. The minimum Gasteiger partial charge on any atom is -0.508 e. The first-order valence-corrected chi connectivity index (χ1v) is 8.10. The van der Waals surface area contributed by atoms with Crippen molar-refractivity contribution in [1.29, 1.82) is 0 Å². The SMILES string of the molecule is CCN1C(=O)[C@@H]2[C@@H](C1=O)[C@](CO)(C(=O)OC)[NH2+][C@H]2c1ccc(O)cc1. The number of amides is 2. The number of ether oxygens (including phenoxy) is 1. The minimum atomic E-state index is -1.56. The van der Waals surface area contributed by atoms with E-state index < -0.39 is 41.9 Å². The molecule has 4 atom stereocenters. The zero-order valence-corrected chi connectivity index (χ0v) is 14.0. The Morgan fingerprint density at radius 3 is 2.44 bits per heavy atom. The molecule has 8 nitrogen and oxygen atoms in total. The highest BCUT2D eigenvalue weighted by atomic mass is 16.5. The van der Waals surface area contributed by atoms with E-state index in [2.05, 4.69) is 0 Å². The number of hydrogen-bond acceptors (Lipinski definition) is 6. The van der Waals surface area contributed by atoms with Crippen molar-refractivity contribution in [2.45, 2.75) is 18.5 Å². The van der Waals surface area contributed by atoms with Crippen LogP contribution in [-0.2, 0) is 19.1 Å². The van der Waals surface area contributed by atoms with E-state index in [0.29, 0.717) is 5.56 Å². The number of carbonyl (C=O) groups excluding carboxylic acids is 3. The van der Waals surface area contributed by atoms with E-state index >= 15 is 0 Å². The van der Waals surface area contributed by atoms with Crippen LogP contribution in [-0.4, -0.2) is 58.7 Å². The highest BCUT2D eigenvalue weighted by molar-refractivity contribution is 6.08. The van der Waals surface area contributed by atoms with Crippen LogP contribution in [0, 0.1) is 11.8 Å². The van der Waals surface area contributed by atoms with Gasteiger partial charge in [-0.2, -0.15) is 0 Å². The van der Waals surface area contributed by atoms with Gasteiger partial charge in [-0.1, -0.05) is 0 Å². The molecule has 0 bridgehead atoms. The van der Waals surface area contributed by atoms with E-state index in [0.717, 1.165) is 4.90 Å². The summed E-state index contributed by atoms with van der Waals surface area (Å²) in [6.45, 7) is 1.27. The third-order valence-corrected chi connectivity index (χ3v) is 5.28. The van der Waals surface area contributed by atoms with E-state index in [9.17, 15) is 24.6 Å². The molecule has 25 heavy (non-hydrogen) atoms. The summed E-state index contributed by atoms with van der Waals surface area (Å²) in [5, 5.41) is 21.0. The molecule has 1 aromatic rings. The van der Waals surface area contributed by atoms with Crippen LogP contribution >= 0.6 is 0 Å². The number of hydrogen-bond donors (Lipinski definition) is 3. The van der Waals surface area contributed by atoms with Crippen LogP contribution in [0.25, 0.3) is 0 Å². The van der Waals surface area contributed by atoms with Crippen molar-refractivity contribution in [2.24, 2.45) is 11.8 Å². The van der Waals surface area contributed by atoms with Gasteiger partial charge in [0.2, 0.25) is 17.4 Å². The first kappa shape index (κ1) is 17.4. The first-order chi connectivity index (χ1) is 11.9. The number of imide groups is 1. The van der Waals surface area contributed by atoms with Crippen molar-refractivity contribution < 1.29 is 34.7 Å². The van der Waals surface area contributed by atoms with Crippen molar-refractivity contribution in [2.75, 3.05) is 20.3 Å². The second-order valence-electron chi connectivity index (χ2n) is 6.40. The molecule has 0 aliphatic carbocycles. The van der Waals surface area contributed by atoms with Crippen molar-refractivity contribution in [3.8, 4) is 5.75 Å². The number of fused-ring (bicyclic) bond motifs is 1. The normalized spacial score (nSPS) is 31.3. The lowest BCUT2D eigenvalue weighted by Gasteiger charge is -2.27. The number of nitrogens with two attached hydrogens (primary N) is 1. The maximum Gasteiger partial charge on any atom is 0.371 e. The van der Waals surface area contributed by atoms with Gasteiger partial charge in [0.15, 0.2) is 0 Å². The van der Waals surface area contributed by atoms with E-state index in [-0.39, 0.29) is 18.2 Å². The molecule has 0 aromatic heterocycles. The Bertz CT molecular complexity index is 718. The van der Waals surface area contributed by atoms with E-state index in [1.165, 1.54) is 19.2 Å². The molecule has 2 aliphatic heterocycles.